The number of hydrogen-bond donors (Lipinski definition) is 0. The van der Waals surface area contributed by atoms with Crippen molar-refractivity contribution in [2.75, 3.05) is 0 Å². The van der Waals surface area contributed by atoms with Gasteiger partial charge in [-0.1, -0.05) is 6.92 Å². The molecule has 0 fully saturated rings. The predicted molar refractivity (Wildman–Crippen MR) is 40.5 cm³/mol. The van der Waals surface area contributed by atoms with Crippen LogP contribution in [0.2, 0.25) is 0 Å². The van der Waals surface area contributed by atoms with Gasteiger partial charge in [-0.3, -0.25) is 6.58 Å². The van der Waals surface area contributed by atoms with Crippen LogP contribution in [0.3, 0.4) is 0 Å². The van der Waals surface area contributed by atoms with E-state index in [0.717, 1.165) is 0 Å². The standard InChI is InChI=1S/C5H7.C2H5.Mg/c1-3-5-4-2;1-2;/h1,3-5H,2H3;1H2,2H3;/q2*-1;+2. The minimum Gasteiger partial charge on any atom is -0.346 e. The molecule has 0 spiro atoms. The van der Waals surface area contributed by atoms with Gasteiger partial charge in [-0.2, -0.15) is 13.0 Å². The summed E-state index contributed by atoms with van der Waals surface area (Å²) in [5.41, 5.74) is 0. The summed E-state index contributed by atoms with van der Waals surface area (Å²) >= 11 is 0. The van der Waals surface area contributed by atoms with E-state index in [4.69, 9.17) is 6.58 Å². The fourth-order valence-corrected chi connectivity index (χ4v) is 0.111. The predicted octanol–water partition coefficient (Wildman–Crippen LogP) is 2.01. The third kappa shape index (κ3) is 34.1. The van der Waals surface area contributed by atoms with E-state index in [1.54, 1.807) is 13.0 Å². The van der Waals surface area contributed by atoms with Gasteiger partial charge in [-0.05, 0) is 0 Å². The van der Waals surface area contributed by atoms with Crippen LogP contribution < -0.4 is 0 Å². The molecule has 1 heteroatoms. The summed E-state index contributed by atoms with van der Waals surface area (Å²) < 4.78 is 0. The van der Waals surface area contributed by atoms with Crippen molar-refractivity contribution in [2.45, 2.75) is 13.8 Å². The largest absolute Gasteiger partial charge is 2.00 e. The SMILES string of the molecule is [CH-]=CC=CC.[CH2-]C.[Mg+2]. The van der Waals surface area contributed by atoms with E-state index < -0.39 is 0 Å². The molecule has 8 heavy (non-hydrogen) atoms. The molecule has 0 bridgehead atoms. The van der Waals surface area contributed by atoms with Crippen molar-refractivity contribution < 1.29 is 0 Å². The van der Waals surface area contributed by atoms with Crippen LogP contribution >= 0.6 is 0 Å². The molecular formula is C7H12Mg. The first-order chi connectivity index (χ1) is 3.41. The van der Waals surface area contributed by atoms with Crippen molar-refractivity contribution in [3.63, 3.8) is 0 Å². The van der Waals surface area contributed by atoms with Crippen LogP contribution in [-0.4, -0.2) is 23.1 Å². The van der Waals surface area contributed by atoms with Gasteiger partial charge >= 0.3 is 23.1 Å². The summed E-state index contributed by atoms with van der Waals surface area (Å²) in [6.07, 6.45) is 5.15. The quantitative estimate of drug-likeness (QED) is 0.282. The van der Waals surface area contributed by atoms with Gasteiger partial charge in [0.05, 0.1) is 0 Å². The smallest absolute Gasteiger partial charge is 0.346 e. The molecule has 0 amide bonds. The molecule has 0 saturated heterocycles. The summed E-state index contributed by atoms with van der Waals surface area (Å²) in [4.78, 5) is 0. The van der Waals surface area contributed by atoms with Gasteiger partial charge < -0.3 is 6.92 Å². The average molecular weight is 120 g/mol. The Labute approximate surface area is 68.8 Å². The van der Waals surface area contributed by atoms with Crippen LogP contribution in [0.1, 0.15) is 13.8 Å². The zero-order valence-corrected chi connectivity index (χ0v) is 7.14. The summed E-state index contributed by atoms with van der Waals surface area (Å²) in [5.74, 6) is 0. The number of hydrogen-bond acceptors (Lipinski definition) is 0. The van der Waals surface area contributed by atoms with E-state index in [1.165, 1.54) is 6.08 Å². The normalized spacial score (nSPS) is 6.38. The Morgan fingerprint density at radius 3 is 1.75 bits per heavy atom. The second kappa shape index (κ2) is 26.8. The van der Waals surface area contributed by atoms with Crippen LogP contribution in [-0.2, 0) is 0 Å². The zero-order chi connectivity index (χ0) is 6.12. The molecule has 0 heterocycles. The average Bonchev–Trinajstić information content (AvgIpc) is 1.75. The monoisotopic (exact) mass is 120 g/mol. The molecule has 0 nitrogen and oxygen atoms in total. The Morgan fingerprint density at radius 2 is 1.75 bits per heavy atom. The molecule has 0 aromatic carbocycles. The van der Waals surface area contributed by atoms with Gasteiger partial charge in [0.25, 0.3) is 0 Å². The van der Waals surface area contributed by atoms with Crippen molar-refractivity contribution in [2.24, 2.45) is 0 Å². The summed E-state index contributed by atoms with van der Waals surface area (Å²) in [7, 11) is 0. The molecule has 0 aromatic heterocycles. The molecule has 0 N–H and O–H groups in total. The maximum Gasteiger partial charge on any atom is 2.00 e. The molecule has 0 aliphatic rings. The van der Waals surface area contributed by atoms with Crippen molar-refractivity contribution in [1.29, 1.82) is 0 Å². The van der Waals surface area contributed by atoms with E-state index in [9.17, 15) is 0 Å². The molecule has 0 atom stereocenters. The first-order valence-electron chi connectivity index (χ1n) is 2.28. The summed E-state index contributed by atoms with van der Waals surface area (Å²) in [6, 6.07) is 0. The van der Waals surface area contributed by atoms with E-state index >= 15 is 0 Å². The minimum atomic E-state index is 0. The molecule has 0 radical (unpaired) electrons. The van der Waals surface area contributed by atoms with Crippen LogP contribution in [0.5, 0.6) is 0 Å². The van der Waals surface area contributed by atoms with Crippen molar-refractivity contribution >= 4 is 23.1 Å². The van der Waals surface area contributed by atoms with E-state index in [1.807, 2.05) is 13.0 Å². The second-order valence-electron chi connectivity index (χ2n) is 0.718. The second-order valence-corrected chi connectivity index (χ2v) is 0.718. The van der Waals surface area contributed by atoms with Gasteiger partial charge in [-0.25, -0.2) is 12.2 Å². The van der Waals surface area contributed by atoms with Gasteiger partial charge in [0, 0.05) is 0 Å². The van der Waals surface area contributed by atoms with Crippen LogP contribution in [0, 0.1) is 13.5 Å². The Balaban J connectivity index is -0.0000000750. The summed E-state index contributed by atoms with van der Waals surface area (Å²) in [5, 5.41) is 0. The number of rotatable bonds is 1. The van der Waals surface area contributed by atoms with Gasteiger partial charge in [0.1, 0.15) is 0 Å². The Morgan fingerprint density at radius 1 is 1.38 bits per heavy atom. The van der Waals surface area contributed by atoms with Crippen LogP contribution in [0.4, 0.5) is 0 Å². The third-order valence-corrected chi connectivity index (χ3v) is 0.304. The van der Waals surface area contributed by atoms with Crippen molar-refractivity contribution in [3.05, 3.63) is 31.7 Å². The fourth-order valence-electron chi connectivity index (χ4n) is 0.111. The van der Waals surface area contributed by atoms with Crippen molar-refractivity contribution in [1.82, 2.24) is 0 Å². The van der Waals surface area contributed by atoms with Crippen LogP contribution in [0.15, 0.2) is 18.2 Å². The molecule has 0 aromatic rings. The van der Waals surface area contributed by atoms with E-state index in [0.29, 0.717) is 0 Å². The molecule has 0 aliphatic carbocycles. The first-order valence-corrected chi connectivity index (χ1v) is 2.28. The third-order valence-electron chi connectivity index (χ3n) is 0.304. The molecule has 42 valence electrons. The Kier molecular flexibility index (Phi) is 52.8. The van der Waals surface area contributed by atoms with Crippen molar-refractivity contribution in [3.8, 4) is 0 Å². The Hall–Kier alpha value is 0.246. The molecule has 0 unspecified atom stereocenters. The van der Waals surface area contributed by atoms with E-state index in [-0.39, 0.29) is 23.1 Å². The van der Waals surface area contributed by atoms with E-state index in [2.05, 4.69) is 6.92 Å². The topological polar surface area (TPSA) is 0 Å². The first kappa shape index (κ1) is 15.7. The minimum absolute atomic E-state index is 0. The zero-order valence-electron chi connectivity index (χ0n) is 5.72. The maximum absolute atomic E-state index is 4.93. The maximum atomic E-state index is 4.93. The fraction of sp³-hybridized carbons (Fsp3) is 0.286. The van der Waals surface area contributed by atoms with Gasteiger partial charge in [-0.15, -0.1) is 0 Å². The molecule has 0 saturated carbocycles. The number of allylic oxidation sites excluding steroid dienone is 3. The van der Waals surface area contributed by atoms with Gasteiger partial charge in [0.2, 0.25) is 0 Å². The molecular weight excluding hydrogens is 108 g/mol. The Bertz CT molecular complexity index is 46.3. The molecule has 0 rings (SSSR count). The summed E-state index contributed by atoms with van der Waals surface area (Å²) in [6.45, 7) is 11.8. The van der Waals surface area contributed by atoms with Crippen LogP contribution in [0.25, 0.3) is 0 Å². The van der Waals surface area contributed by atoms with Gasteiger partial charge in [0.15, 0.2) is 0 Å². The molecule has 0 aliphatic heterocycles.